The van der Waals surface area contributed by atoms with Crippen molar-refractivity contribution in [2.75, 3.05) is 39.3 Å². The summed E-state index contributed by atoms with van der Waals surface area (Å²) >= 11 is 2.16. The van der Waals surface area contributed by atoms with Crippen LogP contribution in [0.5, 0.6) is 0 Å². The third-order valence-corrected chi connectivity index (χ3v) is 4.03. The number of benzene rings is 1. The highest BCUT2D eigenvalue weighted by atomic mass is 127. The van der Waals surface area contributed by atoms with E-state index < -0.39 is 0 Å². The molecule has 4 nitrogen and oxygen atoms in total. The zero-order valence-corrected chi connectivity index (χ0v) is 12.4. The first-order chi connectivity index (χ1) is 8.77. The molecule has 0 aliphatic carbocycles. The van der Waals surface area contributed by atoms with Gasteiger partial charge in [-0.15, -0.1) is 0 Å². The van der Waals surface area contributed by atoms with Crippen molar-refractivity contribution in [2.24, 2.45) is 0 Å². The van der Waals surface area contributed by atoms with Crippen LogP contribution in [-0.2, 0) is 4.74 Å². The Morgan fingerprint density at radius 2 is 2.06 bits per heavy atom. The number of esters is 1. The number of carbonyl (C=O) groups excluding carboxylic acids is 1. The summed E-state index contributed by atoms with van der Waals surface area (Å²) in [5, 5.41) is 3.32. The topological polar surface area (TPSA) is 42.8 Å². The second-order valence-corrected chi connectivity index (χ2v) is 5.53. The third kappa shape index (κ3) is 3.93. The van der Waals surface area contributed by atoms with Gasteiger partial charge in [0.1, 0.15) is 13.2 Å². The van der Waals surface area contributed by atoms with E-state index in [1.165, 1.54) is 4.90 Å². The molecule has 1 saturated heterocycles. The first-order valence-corrected chi connectivity index (χ1v) is 7.31. The van der Waals surface area contributed by atoms with Crippen LogP contribution in [-0.4, -0.2) is 45.3 Å². The minimum atomic E-state index is -0.213. The summed E-state index contributed by atoms with van der Waals surface area (Å²) in [7, 11) is 0. The van der Waals surface area contributed by atoms with Gasteiger partial charge in [0, 0.05) is 16.7 Å². The van der Waals surface area contributed by atoms with E-state index in [1.54, 1.807) is 0 Å². The molecule has 98 valence electrons. The van der Waals surface area contributed by atoms with Gasteiger partial charge in [0.15, 0.2) is 0 Å². The summed E-state index contributed by atoms with van der Waals surface area (Å²) < 4.78 is 6.27. The van der Waals surface area contributed by atoms with Gasteiger partial charge in [-0.1, -0.05) is 12.1 Å². The minimum absolute atomic E-state index is 0.213. The standard InChI is InChI=1S/C13H17IN2O2/c14-12-4-2-1-3-11(12)13(17)18-10-9-16-7-5-15-6-8-16/h1-4,15H,5-10H2/p+1. The van der Waals surface area contributed by atoms with Crippen LogP contribution in [0.1, 0.15) is 10.4 Å². The molecule has 1 aliphatic heterocycles. The van der Waals surface area contributed by atoms with E-state index in [9.17, 15) is 4.79 Å². The Kier molecular flexibility index (Phi) is 5.40. The average Bonchev–Trinajstić information content (AvgIpc) is 2.40. The van der Waals surface area contributed by atoms with E-state index in [-0.39, 0.29) is 5.97 Å². The van der Waals surface area contributed by atoms with Crippen LogP contribution >= 0.6 is 22.6 Å². The third-order valence-electron chi connectivity index (χ3n) is 3.09. The molecule has 0 unspecified atom stereocenters. The van der Waals surface area contributed by atoms with Crippen LogP contribution < -0.4 is 10.2 Å². The Labute approximate surface area is 121 Å². The molecule has 0 amide bonds. The number of hydrogen-bond acceptors (Lipinski definition) is 3. The molecular formula is C13H18IN2O2+. The van der Waals surface area contributed by atoms with E-state index in [4.69, 9.17) is 4.74 Å². The highest BCUT2D eigenvalue weighted by Crippen LogP contribution is 2.12. The van der Waals surface area contributed by atoms with Crippen LogP contribution in [0.3, 0.4) is 0 Å². The molecule has 1 aromatic carbocycles. The predicted octanol–water partition coefficient (Wildman–Crippen LogP) is -0.0639. The lowest BCUT2D eigenvalue weighted by Gasteiger charge is -2.23. The Morgan fingerprint density at radius 1 is 1.33 bits per heavy atom. The van der Waals surface area contributed by atoms with Gasteiger partial charge < -0.3 is 15.0 Å². The van der Waals surface area contributed by atoms with Crippen LogP contribution in [0.15, 0.2) is 24.3 Å². The maximum absolute atomic E-state index is 11.9. The van der Waals surface area contributed by atoms with Crippen molar-refractivity contribution in [2.45, 2.75) is 0 Å². The van der Waals surface area contributed by atoms with E-state index >= 15 is 0 Å². The maximum atomic E-state index is 11.9. The van der Waals surface area contributed by atoms with Crippen LogP contribution in [0.25, 0.3) is 0 Å². The van der Waals surface area contributed by atoms with Crippen molar-refractivity contribution < 1.29 is 14.4 Å². The van der Waals surface area contributed by atoms with E-state index in [0.717, 1.165) is 36.3 Å². The lowest BCUT2D eigenvalue weighted by atomic mass is 10.2. The smallest absolute Gasteiger partial charge is 0.339 e. The number of ether oxygens (including phenoxy) is 1. The summed E-state index contributed by atoms with van der Waals surface area (Å²) in [4.78, 5) is 13.4. The average molecular weight is 361 g/mol. The van der Waals surface area contributed by atoms with Gasteiger partial charge in [-0.2, -0.15) is 0 Å². The Morgan fingerprint density at radius 3 is 2.78 bits per heavy atom. The van der Waals surface area contributed by atoms with Crippen molar-refractivity contribution in [3.63, 3.8) is 0 Å². The summed E-state index contributed by atoms with van der Waals surface area (Å²) in [6.07, 6.45) is 0. The lowest BCUT2D eigenvalue weighted by molar-refractivity contribution is -0.901. The second kappa shape index (κ2) is 7.06. The largest absolute Gasteiger partial charge is 0.456 e. The zero-order valence-electron chi connectivity index (χ0n) is 10.2. The number of rotatable bonds is 4. The molecule has 0 radical (unpaired) electrons. The van der Waals surface area contributed by atoms with E-state index in [0.29, 0.717) is 12.2 Å². The van der Waals surface area contributed by atoms with Gasteiger partial charge >= 0.3 is 5.97 Å². The number of quaternary nitrogens is 1. The first kappa shape index (κ1) is 13.8. The highest BCUT2D eigenvalue weighted by molar-refractivity contribution is 14.1. The fraction of sp³-hybridized carbons (Fsp3) is 0.462. The molecule has 0 atom stereocenters. The lowest BCUT2D eigenvalue weighted by Crippen LogP contribution is -3.15. The molecule has 0 spiro atoms. The van der Waals surface area contributed by atoms with Crippen molar-refractivity contribution in [1.82, 2.24) is 5.32 Å². The molecule has 5 heteroatoms. The Hall–Kier alpha value is -0.660. The normalized spacial score (nSPS) is 16.5. The van der Waals surface area contributed by atoms with E-state index in [1.807, 2.05) is 24.3 Å². The van der Waals surface area contributed by atoms with Crippen molar-refractivity contribution in [1.29, 1.82) is 0 Å². The zero-order chi connectivity index (χ0) is 12.8. The molecule has 18 heavy (non-hydrogen) atoms. The van der Waals surface area contributed by atoms with Gasteiger partial charge in [0.25, 0.3) is 0 Å². The summed E-state index contributed by atoms with van der Waals surface area (Å²) in [6.45, 7) is 5.73. The summed E-state index contributed by atoms with van der Waals surface area (Å²) in [5.74, 6) is -0.213. The minimum Gasteiger partial charge on any atom is -0.456 e. The summed E-state index contributed by atoms with van der Waals surface area (Å²) in [5.41, 5.74) is 0.661. The van der Waals surface area contributed by atoms with Gasteiger partial charge in [-0.25, -0.2) is 4.79 Å². The van der Waals surface area contributed by atoms with Gasteiger partial charge in [-0.05, 0) is 34.7 Å². The second-order valence-electron chi connectivity index (χ2n) is 4.37. The number of piperazine rings is 1. The highest BCUT2D eigenvalue weighted by Gasteiger charge is 2.15. The van der Waals surface area contributed by atoms with Crippen molar-refractivity contribution in [3.8, 4) is 0 Å². The Balaban J connectivity index is 1.76. The van der Waals surface area contributed by atoms with E-state index in [2.05, 4.69) is 27.9 Å². The summed E-state index contributed by atoms with van der Waals surface area (Å²) in [6, 6.07) is 7.50. The molecule has 1 fully saturated rings. The maximum Gasteiger partial charge on any atom is 0.339 e. The fourth-order valence-electron chi connectivity index (χ4n) is 2.02. The monoisotopic (exact) mass is 361 g/mol. The molecule has 2 rings (SSSR count). The van der Waals surface area contributed by atoms with Crippen LogP contribution in [0, 0.1) is 3.57 Å². The molecule has 0 aromatic heterocycles. The van der Waals surface area contributed by atoms with Gasteiger partial charge in [0.05, 0.1) is 18.7 Å². The molecule has 1 aromatic rings. The quantitative estimate of drug-likeness (QED) is 0.583. The molecule has 2 N–H and O–H groups in total. The Bertz CT molecular complexity index is 406. The predicted molar refractivity (Wildman–Crippen MR) is 77.9 cm³/mol. The molecular weight excluding hydrogens is 343 g/mol. The number of nitrogens with one attached hydrogen (secondary N) is 2. The van der Waals surface area contributed by atoms with Crippen LogP contribution in [0.4, 0.5) is 0 Å². The number of halogens is 1. The first-order valence-electron chi connectivity index (χ1n) is 6.23. The fourth-order valence-corrected chi connectivity index (χ4v) is 2.63. The molecule has 1 heterocycles. The molecule has 0 bridgehead atoms. The van der Waals surface area contributed by atoms with Crippen molar-refractivity contribution in [3.05, 3.63) is 33.4 Å². The number of carbonyl (C=O) groups is 1. The molecule has 1 aliphatic rings. The van der Waals surface area contributed by atoms with Gasteiger partial charge in [-0.3, -0.25) is 0 Å². The van der Waals surface area contributed by atoms with Crippen molar-refractivity contribution >= 4 is 28.6 Å². The molecule has 0 saturated carbocycles. The van der Waals surface area contributed by atoms with Crippen LogP contribution in [0.2, 0.25) is 0 Å². The van der Waals surface area contributed by atoms with Gasteiger partial charge in [0.2, 0.25) is 0 Å². The number of hydrogen-bond donors (Lipinski definition) is 2. The SMILES string of the molecule is O=C(OCC[NH+]1CCNCC1)c1ccccc1I.